The third kappa shape index (κ3) is 409. The van der Waals surface area contributed by atoms with Crippen LogP contribution in [-0.4, -0.2) is 33.8 Å². The van der Waals surface area contributed by atoms with Gasteiger partial charge in [-0.05, 0) is 0 Å². The Labute approximate surface area is 81.0 Å². The average Bonchev–Trinajstić information content (AvgIpc) is 1.70. The number of hydrogen-bond acceptors (Lipinski definition) is 9. The Bertz CT molecular complexity index is 51.6. The fourth-order valence-electron chi connectivity index (χ4n) is 0. The van der Waals surface area contributed by atoms with Crippen LogP contribution in [-0.2, 0) is 0 Å². The average molecular weight is 219 g/mol. The molecule has 0 rings (SSSR count). The number of nitrogens with zero attached hydrogens (tertiary/aromatic N) is 3. The van der Waals surface area contributed by atoms with E-state index < -0.39 is 0 Å². The molecule has 0 bridgehead atoms. The summed E-state index contributed by atoms with van der Waals surface area (Å²) in [4.78, 5) is 24.0. The molecule has 0 aliphatic carbocycles. The Kier molecular flexibility index (Phi) is 1780. The Morgan fingerprint density at radius 1 is 0.615 bits per heavy atom. The molecule has 0 atom stereocenters. The molecule has 0 aromatic rings. The molecular formula is H6AlN3O9. The van der Waals surface area contributed by atoms with E-state index in [-0.39, 0.29) is 33.8 Å². The maximum absolute atomic E-state index is 8.00. The van der Waals surface area contributed by atoms with Gasteiger partial charge in [0.05, 0.1) is 0 Å². The van der Waals surface area contributed by atoms with Gasteiger partial charge in [0.2, 0.25) is 0 Å². The molecule has 0 unspecified atom stereocenters. The minimum atomic E-state index is 0. The Balaban J connectivity index is -0.00000000720. The van der Waals surface area contributed by atoms with E-state index in [9.17, 15) is 0 Å². The van der Waals surface area contributed by atoms with Crippen LogP contribution in [0.4, 0.5) is 0 Å². The molecule has 0 heterocycles. The van der Waals surface area contributed by atoms with Gasteiger partial charge in [0, 0.05) is 0 Å². The fraction of sp³-hybridized carbons (Fsp3) is 0. The molecule has 0 saturated heterocycles. The predicted molar refractivity (Wildman–Crippen MR) is 44.1 cm³/mol. The third-order valence-corrected chi connectivity index (χ3v) is 0. The van der Waals surface area contributed by atoms with Crippen LogP contribution >= 0.6 is 0 Å². The topological polar surface area (TPSA) is 252 Å². The van der Waals surface area contributed by atoms with Gasteiger partial charge in [-0.2, -0.15) is 0 Å². The van der Waals surface area contributed by atoms with Crippen LogP contribution in [0.5, 0.6) is 0 Å². The summed E-state index contributed by atoms with van der Waals surface area (Å²) in [5.74, 6) is 0. The molecule has 6 N–H and O–H groups in total. The van der Waals surface area contributed by atoms with Crippen LogP contribution in [0.2, 0.25) is 0 Å². The second-order valence-electron chi connectivity index (χ2n) is 0.224. The second kappa shape index (κ2) is 377. The molecule has 78 valence electrons. The second-order valence-corrected chi connectivity index (χ2v) is 0.224. The van der Waals surface area contributed by atoms with E-state index in [0.717, 1.165) is 16.0 Å². The molecule has 0 aliphatic rings. The molecular weight excluding hydrogens is 213 g/mol. The summed E-state index contributed by atoms with van der Waals surface area (Å²) in [6.45, 7) is 0. The maximum Gasteiger partial charge on any atom is 3.00 e. The van der Waals surface area contributed by atoms with Crippen molar-refractivity contribution in [2.24, 2.45) is 16.0 Å². The molecule has 12 nitrogen and oxygen atoms in total. The Morgan fingerprint density at radius 3 is 0.615 bits per heavy atom. The van der Waals surface area contributed by atoms with Gasteiger partial charge < -0.3 is 46.8 Å². The van der Waals surface area contributed by atoms with Gasteiger partial charge in [0.25, 0.3) is 0 Å². The van der Waals surface area contributed by atoms with E-state index in [1.54, 1.807) is 0 Å². The van der Waals surface area contributed by atoms with Crippen LogP contribution in [0.1, 0.15) is 0 Å². The van der Waals surface area contributed by atoms with Crippen LogP contribution in [0.15, 0.2) is 16.0 Å². The van der Waals surface area contributed by atoms with Gasteiger partial charge in [-0.15, -0.1) is 16.0 Å². The third-order valence-electron chi connectivity index (χ3n) is 0. The summed E-state index contributed by atoms with van der Waals surface area (Å²) in [6.07, 6.45) is 0. The van der Waals surface area contributed by atoms with Crippen LogP contribution < -0.4 is 0 Å². The molecule has 13 heteroatoms. The van der Waals surface area contributed by atoms with Crippen LogP contribution in [0.3, 0.4) is 0 Å². The van der Waals surface area contributed by atoms with Gasteiger partial charge in [-0.1, -0.05) is 0 Å². The van der Waals surface area contributed by atoms with Gasteiger partial charge >= 0.3 is 17.4 Å². The van der Waals surface area contributed by atoms with E-state index in [1.165, 1.54) is 0 Å². The van der Waals surface area contributed by atoms with E-state index >= 15 is 0 Å². The summed E-state index contributed by atoms with van der Waals surface area (Å²) in [5.41, 5.74) is 0. The number of rotatable bonds is 0. The minimum Gasteiger partial charge on any atom is -0.444 e. The van der Waals surface area contributed by atoms with Gasteiger partial charge in [-0.25, -0.2) is 0 Å². The zero-order chi connectivity index (χ0) is 8.12. The van der Waals surface area contributed by atoms with E-state index in [4.69, 9.17) is 30.3 Å². The largest absolute Gasteiger partial charge is 3.00 e. The summed E-state index contributed by atoms with van der Waals surface area (Å²) in [6, 6.07) is 0. The summed E-state index contributed by atoms with van der Waals surface area (Å²) >= 11 is 0. The molecule has 0 radical (unpaired) electrons. The van der Waals surface area contributed by atoms with Crippen molar-refractivity contribution >= 4 is 17.4 Å². The summed E-state index contributed by atoms with van der Waals surface area (Å²) in [7, 11) is 0. The number of hydrogen-bond donors (Lipinski definition) is 0. The Morgan fingerprint density at radius 2 is 0.615 bits per heavy atom. The normalized spacial score (nSPS) is 2.77. The van der Waals surface area contributed by atoms with Crippen molar-refractivity contribution < 1.29 is 16.4 Å². The summed E-state index contributed by atoms with van der Waals surface area (Å²) in [5, 5.41) is 27.0. The predicted octanol–water partition coefficient (Wildman–Crippen LogP) is -2.10. The SMILES string of the molecule is O.O.O.O=N[O-].O=N[O-].O=N[O-].[Al+3]. The molecule has 0 fully saturated rings. The molecule has 0 amide bonds. The first kappa shape index (κ1) is 61.5. The smallest absolute Gasteiger partial charge is 0.444 e. The zero-order valence-corrected chi connectivity index (χ0v) is 7.02. The molecule has 0 aromatic heterocycles. The van der Waals surface area contributed by atoms with Gasteiger partial charge in [0.15, 0.2) is 0 Å². The minimum absolute atomic E-state index is 0. The molecule has 0 saturated carbocycles. The molecule has 0 aliphatic heterocycles. The van der Waals surface area contributed by atoms with E-state index in [0.29, 0.717) is 0 Å². The van der Waals surface area contributed by atoms with E-state index in [1.807, 2.05) is 0 Å². The quantitative estimate of drug-likeness (QED) is 0.250. The van der Waals surface area contributed by atoms with Crippen molar-refractivity contribution in [3.05, 3.63) is 30.3 Å². The maximum atomic E-state index is 8.00. The van der Waals surface area contributed by atoms with Gasteiger partial charge in [-0.3, -0.25) is 0 Å². The Hall–Kier alpha value is -1.39. The van der Waals surface area contributed by atoms with Gasteiger partial charge in [0.1, 0.15) is 0 Å². The first-order chi connectivity index (χ1) is 4.24. The zero-order valence-electron chi connectivity index (χ0n) is 5.87. The molecule has 0 spiro atoms. The summed E-state index contributed by atoms with van der Waals surface area (Å²) < 4.78 is 0. The van der Waals surface area contributed by atoms with E-state index in [2.05, 4.69) is 0 Å². The van der Waals surface area contributed by atoms with Crippen molar-refractivity contribution in [1.29, 1.82) is 0 Å². The van der Waals surface area contributed by atoms with Crippen molar-refractivity contribution in [3.8, 4) is 0 Å². The van der Waals surface area contributed by atoms with Crippen molar-refractivity contribution in [2.45, 2.75) is 0 Å². The van der Waals surface area contributed by atoms with Crippen LogP contribution in [0, 0.1) is 30.3 Å². The first-order valence-corrected chi connectivity index (χ1v) is 1.10. The van der Waals surface area contributed by atoms with Crippen molar-refractivity contribution in [1.82, 2.24) is 0 Å². The fourth-order valence-corrected chi connectivity index (χ4v) is 0. The molecule has 0 aromatic carbocycles. The first-order valence-electron chi connectivity index (χ1n) is 1.10. The standard InChI is InChI=1S/Al.3HNO2.3H2O/c;3*2-1-3;;;/h;3*(H,2,3);3*1H2/q+3;;;;;;/p-3. The van der Waals surface area contributed by atoms with Crippen LogP contribution in [0.25, 0.3) is 0 Å². The van der Waals surface area contributed by atoms with Crippen molar-refractivity contribution in [2.75, 3.05) is 0 Å². The van der Waals surface area contributed by atoms with Crippen molar-refractivity contribution in [3.63, 3.8) is 0 Å². The monoisotopic (exact) mass is 219 g/mol. The molecule has 13 heavy (non-hydrogen) atoms.